The summed E-state index contributed by atoms with van der Waals surface area (Å²) in [6.45, 7) is 0.510. The van der Waals surface area contributed by atoms with E-state index < -0.39 is 33.7 Å². The van der Waals surface area contributed by atoms with Crippen molar-refractivity contribution >= 4 is 11.6 Å². The summed E-state index contributed by atoms with van der Waals surface area (Å²) in [5, 5.41) is 19.5. The van der Waals surface area contributed by atoms with Crippen molar-refractivity contribution in [3.63, 3.8) is 0 Å². The van der Waals surface area contributed by atoms with E-state index >= 15 is 0 Å². The predicted molar refractivity (Wildman–Crippen MR) is 64.1 cm³/mol. The van der Waals surface area contributed by atoms with E-state index in [4.69, 9.17) is 5.11 Å². The minimum atomic E-state index is -1.25. The van der Waals surface area contributed by atoms with Crippen LogP contribution in [0.25, 0.3) is 0 Å². The molecule has 0 aromatic heterocycles. The van der Waals surface area contributed by atoms with Crippen molar-refractivity contribution in [2.75, 3.05) is 19.7 Å². The maximum Gasteiger partial charge on any atom is 0.307 e. The molecule has 1 fully saturated rings. The zero-order valence-electron chi connectivity index (χ0n) is 10.4. The van der Waals surface area contributed by atoms with Crippen molar-refractivity contribution in [3.05, 3.63) is 39.4 Å². The summed E-state index contributed by atoms with van der Waals surface area (Å²) in [5.41, 5.74) is -1.54. The van der Waals surface area contributed by atoms with Gasteiger partial charge in [-0.15, -0.1) is 0 Å². The highest BCUT2D eigenvalue weighted by Gasteiger charge is 2.30. The average Bonchev–Trinajstić information content (AvgIpc) is 2.88. The van der Waals surface area contributed by atoms with Crippen LogP contribution in [0.5, 0.6) is 0 Å². The third kappa shape index (κ3) is 2.60. The lowest BCUT2D eigenvalue weighted by Crippen LogP contribution is -2.30. The summed E-state index contributed by atoms with van der Waals surface area (Å²) >= 11 is 0. The second kappa shape index (κ2) is 5.49. The Labute approximate surface area is 112 Å². The fourth-order valence-corrected chi connectivity index (χ4v) is 2.18. The number of carbonyl (C=O) groups is 1. The summed E-state index contributed by atoms with van der Waals surface area (Å²) in [4.78, 5) is 22.7. The van der Waals surface area contributed by atoms with Gasteiger partial charge in [0.25, 0.3) is 5.91 Å². The second-order valence-electron chi connectivity index (χ2n) is 4.63. The van der Waals surface area contributed by atoms with Crippen molar-refractivity contribution < 1.29 is 23.6 Å². The van der Waals surface area contributed by atoms with Crippen LogP contribution in [0.1, 0.15) is 16.8 Å². The van der Waals surface area contributed by atoms with Gasteiger partial charge >= 0.3 is 5.69 Å². The van der Waals surface area contributed by atoms with E-state index in [0.29, 0.717) is 25.1 Å². The highest BCUT2D eigenvalue weighted by molar-refractivity contribution is 5.95. The van der Waals surface area contributed by atoms with E-state index in [-0.39, 0.29) is 19.1 Å². The third-order valence-corrected chi connectivity index (χ3v) is 3.29. The molecule has 1 aliphatic rings. The molecule has 0 bridgehead atoms. The van der Waals surface area contributed by atoms with Gasteiger partial charge in [-0.05, 0) is 12.5 Å². The summed E-state index contributed by atoms with van der Waals surface area (Å²) in [5.74, 6) is -3.19. The topological polar surface area (TPSA) is 83.7 Å². The van der Waals surface area contributed by atoms with Crippen molar-refractivity contribution in [2.45, 2.75) is 6.42 Å². The number of halogens is 2. The molecule has 6 nitrogen and oxygen atoms in total. The average molecular weight is 286 g/mol. The van der Waals surface area contributed by atoms with Gasteiger partial charge < -0.3 is 10.0 Å². The number of nitro benzene ring substituents is 1. The van der Waals surface area contributed by atoms with Gasteiger partial charge in [-0.1, -0.05) is 0 Å². The summed E-state index contributed by atoms with van der Waals surface area (Å²) in [6.07, 6.45) is 0.583. The molecule has 1 atom stereocenters. The first-order valence-corrected chi connectivity index (χ1v) is 5.97. The van der Waals surface area contributed by atoms with E-state index in [1.165, 1.54) is 4.90 Å². The lowest BCUT2D eigenvalue weighted by molar-refractivity contribution is -0.387. The minimum absolute atomic E-state index is 0.0788. The Morgan fingerprint density at radius 3 is 2.70 bits per heavy atom. The number of aliphatic hydroxyl groups excluding tert-OH is 1. The zero-order chi connectivity index (χ0) is 14.9. The lowest BCUT2D eigenvalue weighted by Gasteiger charge is -2.16. The molecule has 20 heavy (non-hydrogen) atoms. The van der Waals surface area contributed by atoms with E-state index in [0.717, 1.165) is 0 Å². The summed E-state index contributed by atoms with van der Waals surface area (Å²) in [7, 11) is 0. The number of nitrogens with zero attached hydrogens (tertiary/aromatic N) is 2. The van der Waals surface area contributed by atoms with Crippen LogP contribution < -0.4 is 0 Å². The number of hydrogen-bond acceptors (Lipinski definition) is 4. The van der Waals surface area contributed by atoms with Gasteiger partial charge in [0.15, 0.2) is 0 Å². The number of rotatable bonds is 3. The quantitative estimate of drug-likeness (QED) is 0.671. The van der Waals surface area contributed by atoms with Gasteiger partial charge in [0.05, 0.1) is 16.6 Å². The lowest BCUT2D eigenvalue weighted by atomic mass is 10.1. The highest BCUT2D eigenvalue weighted by atomic mass is 19.1. The number of amides is 1. The van der Waals surface area contributed by atoms with E-state index in [1.54, 1.807) is 0 Å². The SMILES string of the molecule is O=C(c1cc(F)c([N+](=O)[O-])cc1F)N1CCC(CO)C1. The van der Waals surface area contributed by atoms with Crippen molar-refractivity contribution in [1.82, 2.24) is 4.90 Å². The fourth-order valence-electron chi connectivity index (χ4n) is 2.18. The van der Waals surface area contributed by atoms with Gasteiger partial charge in [0.2, 0.25) is 5.82 Å². The highest BCUT2D eigenvalue weighted by Crippen LogP contribution is 2.24. The first-order chi connectivity index (χ1) is 9.43. The second-order valence-corrected chi connectivity index (χ2v) is 4.63. The molecule has 0 saturated carbocycles. The summed E-state index contributed by atoms with van der Waals surface area (Å²) < 4.78 is 27.2. The van der Waals surface area contributed by atoms with E-state index in [1.807, 2.05) is 0 Å². The molecule has 1 aromatic rings. The van der Waals surface area contributed by atoms with Gasteiger partial charge in [-0.2, -0.15) is 4.39 Å². The molecule has 0 spiro atoms. The Kier molecular flexibility index (Phi) is 3.93. The molecule has 1 unspecified atom stereocenters. The fraction of sp³-hybridized carbons (Fsp3) is 0.417. The molecule has 8 heteroatoms. The molecular weight excluding hydrogens is 274 g/mol. The number of carbonyl (C=O) groups excluding carboxylic acids is 1. The van der Waals surface area contributed by atoms with Gasteiger partial charge in [-0.25, -0.2) is 4.39 Å². The maximum atomic E-state index is 13.7. The monoisotopic (exact) mass is 286 g/mol. The summed E-state index contributed by atoms with van der Waals surface area (Å²) in [6, 6.07) is 0.949. The Hall–Kier alpha value is -2.09. The van der Waals surface area contributed by atoms with Gasteiger partial charge in [0, 0.05) is 25.6 Å². The molecule has 0 radical (unpaired) electrons. The molecule has 0 aliphatic carbocycles. The van der Waals surface area contributed by atoms with Crippen molar-refractivity contribution in [1.29, 1.82) is 0 Å². The first-order valence-electron chi connectivity index (χ1n) is 5.97. The maximum absolute atomic E-state index is 13.7. The Bertz CT molecular complexity index is 565. The van der Waals surface area contributed by atoms with E-state index in [2.05, 4.69) is 0 Å². The zero-order valence-corrected chi connectivity index (χ0v) is 10.4. The van der Waals surface area contributed by atoms with Crippen LogP contribution in [0.2, 0.25) is 0 Å². The number of hydrogen-bond donors (Lipinski definition) is 1. The predicted octanol–water partition coefficient (Wildman–Crippen LogP) is 1.33. The Morgan fingerprint density at radius 2 is 2.15 bits per heavy atom. The van der Waals surface area contributed by atoms with Crippen LogP contribution in [-0.4, -0.2) is 40.5 Å². The van der Waals surface area contributed by atoms with Crippen LogP contribution in [0.3, 0.4) is 0 Å². The molecule has 1 aromatic carbocycles. The number of nitro groups is 1. The molecule has 1 aliphatic heterocycles. The van der Waals surface area contributed by atoms with Crippen LogP contribution >= 0.6 is 0 Å². The standard InChI is InChI=1S/C12H12F2N2O4/c13-9-4-11(16(19)20)10(14)3-8(9)12(18)15-2-1-7(5-15)6-17/h3-4,7,17H,1-2,5-6H2. The molecule has 1 amide bonds. The molecule has 1 saturated heterocycles. The molecule has 1 N–H and O–H groups in total. The normalized spacial score (nSPS) is 18.4. The Morgan fingerprint density at radius 1 is 1.45 bits per heavy atom. The molecule has 1 heterocycles. The third-order valence-electron chi connectivity index (χ3n) is 3.29. The van der Waals surface area contributed by atoms with Crippen molar-refractivity contribution in [2.24, 2.45) is 5.92 Å². The molecule has 2 rings (SSSR count). The first kappa shape index (κ1) is 14.3. The number of likely N-dealkylation sites (tertiary alicyclic amines) is 1. The molecular formula is C12H12F2N2O4. The van der Waals surface area contributed by atoms with Crippen molar-refractivity contribution in [3.8, 4) is 0 Å². The van der Waals surface area contributed by atoms with Crippen LogP contribution in [0, 0.1) is 27.7 Å². The van der Waals surface area contributed by atoms with Crippen LogP contribution in [0.15, 0.2) is 12.1 Å². The van der Waals surface area contributed by atoms with Crippen LogP contribution in [0.4, 0.5) is 14.5 Å². The minimum Gasteiger partial charge on any atom is -0.396 e. The van der Waals surface area contributed by atoms with Gasteiger partial charge in [-0.3, -0.25) is 14.9 Å². The number of benzene rings is 1. The van der Waals surface area contributed by atoms with E-state index in [9.17, 15) is 23.7 Å². The van der Waals surface area contributed by atoms with Crippen LogP contribution in [-0.2, 0) is 0 Å². The van der Waals surface area contributed by atoms with Gasteiger partial charge in [0.1, 0.15) is 5.82 Å². The Balaban J connectivity index is 2.27. The molecule has 108 valence electrons. The number of aliphatic hydroxyl groups is 1. The largest absolute Gasteiger partial charge is 0.396 e. The smallest absolute Gasteiger partial charge is 0.307 e.